The summed E-state index contributed by atoms with van der Waals surface area (Å²) in [5.41, 5.74) is 0. The Morgan fingerprint density at radius 2 is 2.20 bits per heavy atom. The molecule has 0 saturated carbocycles. The molecule has 0 bridgehead atoms. The highest BCUT2D eigenvalue weighted by Crippen LogP contribution is 2.19. The first-order valence-electron chi connectivity index (χ1n) is 7.55. The molecule has 2 aliphatic rings. The third kappa shape index (κ3) is 3.58. The van der Waals surface area contributed by atoms with E-state index in [1.807, 2.05) is 6.07 Å². The molecule has 0 amide bonds. The van der Waals surface area contributed by atoms with Gasteiger partial charge in [0.2, 0.25) is 0 Å². The second-order valence-electron chi connectivity index (χ2n) is 5.39. The quantitative estimate of drug-likeness (QED) is 0.851. The molecule has 6 nitrogen and oxygen atoms in total. The third-order valence-corrected chi connectivity index (χ3v) is 3.82. The van der Waals surface area contributed by atoms with Crippen molar-refractivity contribution < 1.29 is 4.74 Å². The molecule has 1 atom stereocenters. The van der Waals surface area contributed by atoms with Crippen molar-refractivity contribution in [2.24, 2.45) is 0 Å². The van der Waals surface area contributed by atoms with Crippen molar-refractivity contribution in [1.29, 1.82) is 0 Å². The number of aromatic nitrogens is 2. The Morgan fingerprint density at radius 3 is 3.10 bits per heavy atom. The lowest BCUT2D eigenvalue weighted by Crippen LogP contribution is -2.32. The summed E-state index contributed by atoms with van der Waals surface area (Å²) in [4.78, 5) is 11.0. The van der Waals surface area contributed by atoms with E-state index in [0.29, 0.717) is 0 Å². The smallest absolute Gasteiger partial charge is 0.134 e. The molecular formula is C14H23N5O. The second kappa shape index (κ2) is 6.85. The van der Waals surface area contributed by atoms with Crippen molar-refractivity contribution in [3.63, 3.8) is 0 Å². The first kappa shape index (κ1) is 13.6. The van der Waals surface area contributed by atoms with Gasteiger partial charge in [-0.1, -0.05) is 0 Å². The maximum Gasteiger partial charge on any atom is 0.134 e. The Balaban J connectivity index is 1.55. The van der Waals surface area contributed by atoms with Gasteiger partial charge in [-0.25, -0.2) is 9.97 Å². The number of nitrogens with one attached hydrogen (secondary N) is 2. The maximum absolute atomic E-state index is 5.78. The van der Waals surface area contributed by atoms with Gasteiger partial charge in [-0.05, 0) is 25.8 Å². The molecule has 1 aromatic rings. The summed E-state index contributed by atoms with van der Waals surface area (Å²) in [6.45, 7) is 5.77. The van der Waals surface area contributed by atoms with E-state index in [1.54, 1.807) is 6.33 Å². The predicted octanol–water partition coefficient (Wildman–Crippen LogP) is 0.867. The van der Waals surface area contributed by atoms with Crippen LogP contribution >= 0.6 is 0 Å². The van der Waals surface area contributed by atoms with Crippen LogP contribution in [0.1, 0.15) is 19.3 Å². The third-order valence-electron chi connectivity index (χ3n) is 3.82. The number of hydrogen-bond donors (Lipinski definition) is 2. The Morgan fingerprint density at radius 1 is 1.30 bits per heavy atom. The molecule has 3 heterocycles. The Labute approximate surface area is 119 Å². The van der Waals surface area contributed by atoms with Gasteiger partial charge in [0.25, 0.3) is 0 Å². The van der Waals surface area contributed by atoms with Crippen LogP contribution in [0.3, 0.4) is 0 Å². The number of anilines is 2. The summed E-state index contributed by atoms with van der Waals surface area (Å²) in [6.07, 6.45) is 5.45. The summed E-state index contributed by atoms with van der Waals surface area (Å²) in [5.74, 6) is 1.91. The fourth-order valence-corrected chi connectivity index (χ4v) is 2.68. The molecule has 2 fully saturated rings. The molecule has 0 radical (unpaired) electrons. The Bertz CT molecular complexity index is 414. The molecule has 0 aliphatic carbocycles. The van der Waals surface area contributed by atoms with Crippen molar-refractivity contribution in [2.45, 2.75) is 25.4 Å². The van der Waals surface area contributed by atoms with E-state index >= 15 is 0 Å². The first-order valence-corrected chi connectivity index (χ1v) is 7.55. The zero-order chi connectivity index (χ0) is 13.6. The number of nitrogens with zero attached hydrogens (tertiary/aromatic N) is 3. The molecule has 2 N–H and O–H groups in total. The minimum atomic E-state index is 0.211. The summed E-state index contributed by atoms with van der Waals surface area (Å²) in [7, 11) is 0. The van der Waals surface area contributed by atoms with Crippen molar-refractivity contribution >= 4 is 11.6 Å². The summed E-state index contributed by atoms with van der Waals surface area (Å²) in [6, 6.07) is 2.04. The van der Waals surface area contributed by atoms with Crippen LogP contribution in [-0.4, -0.2) is 55.4 Å². The molecule has 0 spiro atoms. The SMILES string of the molecule is c1nc(NCC2CNCCCO2)cc(N2CCCC2)n1. The van der Waals surface area contributed by atoms with Gasteiger partial charge >= 0.3 is 0 Å². The average molecular weight is 277 g/mol. The molecule has 3 rings (SSSR count). The van der Waals surface area contributed by atoms with Crippen molar-refractivity contribution in [3.05, 3.63) is 12.4 Å². The van der Waals surface area contributed by atoms with Crippen LogP contribution in [0.25, 0.3) is 0 Å². The van der Waals surface area contributed by atoms with Crippen LogP contribution in [0.15, 0.2) is 12.4 Å². The van der Waals surface area contributed by atoms with E-state index in [-0.39, 0.29) is 6.10 Å². The Kier molecular flexibility index (Phi) is 4.65. The lowest BCUT2D eigenvalue weighted by atomic mass is 10.3. The van der Waals surface area contributed by atoms with Crippen molar-refractivity contribution in [1.82, 2.24) is 15.3 Å². The predicted molar refractivity (Wildman–Crippen MR) is 79.2 cm³/mol. The van der Waals surface area contributed by atoms with E-state index in [4.69, 9.17) is 4.74 Å². The highest BCUT2D eigenvalue weighted by atomic mass is 16.5. The fourth-order valence-electron chi connectivity index (χ4n) is 2.68. The average Bonchev–Trinajstić information content (AvgIpc) is 2.90. The number of rotatable bonds is 4. The van der Waals surface area contributed by atoms with Gasteiger partial charge in [0.15, 0.2) is 0 Å². The van der Waals surface area contributed by atoms with Gasteiger partial charge in [0.1, 0.15) is 18.0 Å². The van der Waals surface area contributed by atoms with Gasteiger partial charge < -0.3 is 20.3 Å². The monoisotopic (exact) mass is 277 g/mol. The largest absolute Gasteiger partial charge is 0.375 e. The molecule has 0 aromatic carbocycles. The number of ether oxygens (including phenoxy) is 1. The molecule has 2 aliphatic heterocycles. The van der Waals surface area contributed by atoms with Crippen LogP contribution in [0.5, 0.6) is 0 Å². The van der Waals surface area contributed by atoms with Crippen molar-refractivity contribution in [2.75, 3.05) is 49.5 Å². The molecule has 6 heteroatoms. The van der Waals surface area contributed by atoms with E-state index in [2.05, 4.69) is 25.5 Å². The van der Waals surface area contributed by atoms with Gasteiger partial charge in [0, 0.05) is 38.9 Å². The molecule has 1 unspecified atom stereocenters. The zero-order valence-corrected chi connectivity index (χ0v) is 11.8. The molecular weight excluding hydrogens is 254 g/mol. The normalized spacial score (nSPS) is 23.6. The summed E-state index contributed by atoms with van der Waals surface area (Å²) in [5, 5.41) is 6.75. The fraction of sp³-hybridized carbons (Fsp3) is 0.714. The molecule has 2 saturated heterocycles. The molecule has 1 aromatic heterocycles. The zero-order valence-electron chi connectivity index (χ0n) is 11.8. The van der Waals surface area contributed by atoms with Gasteiger partial charge in [-0.15, -0.1) is 0 Å². The van der Waals surface area contributed by atoms with E-state index in [1.165, 1.54) is 12.8 Å². The Hall–Kier alpha value is -1.40. The molecule has 20 heavy (non-hydrogen) atoms. The lowest BCUT2D eigenvalue weighted by Gasteiger charge is -2.18. The van der Waals surface area contributed by atoms with Gasteiger partial charge in [-0.2, -0.15) is 0 Å². The van der Waals surface area contributed by atoms with E-state index < -0.39 is 0 Å². The lowest BCUT2D eigenvalue weighted by molar-refractivity contribution is 0.0761. The van der Waals surface area contributed by atoms with Crippen LogP contribution in [-0.2, 0) is 4.74 Å². The second-order valence-corrected chi connectivity index (χ2v) is 5.39. The van der Waals surface area contributed by atoms with Crippen LogP contribution in [0.2, 0.25) is 0 Å². The first-order chi connectivity index (χ1) is 9.92. The highest BCUT2D eigenvalue weighted by molar-refractivity contribution is 5.48. The van der Waals surface area contributed by atoms with Crippen LogP contribution in [0, 0.1) is 0 Å². The topological polar surface area (TPSA) is 62.3 Å². The minimum absolute atomic E-state index is 0.211. The van der Waals surface area contributed by atoms with Gasteiger partial charge in [0.05, 0.1) is 6.10 Å². The van der Waals surface area contributed by atoms with Crippen LogP contribution in [0.4, 0.5) is 11.6 Å². The van der Waals surface area contributed by atoms with Crippen LogP contribution < -0.4 is 15.5 Å². The summed E-state index contributed by atoms with van der Waals surface area (Å²) >= 11 is 0. The number of hydrogen-bond acceptors (Lipinski definition) is 6. The highest BCUT2D eigenvalue weighted by Gasteiger charge is 2.15. The van der Waals surface area contributed by atoms with E-state index in [9.17, 15) is 0 Å². The van der Waals surface area contributed by atoms with E-state index in [0.717, 1.165) is 57.4 Å². The standard InChI is InChI=1S/C14H23N5O/c1-2-6-19(5-1)14-8-13(17-11-18-14)16-10-12-9-15-4-3-7-20-12/h8,11-12,15H,1-7,9-10H2,(H,16,17,18). The van der Waals surface area contributed by atoms with Crippen molar-refractivity contribution in [3.8, 4) is 0 Å². The minimum Gasteiger partial charge on any atom is -0.375 e. The molecule has 110 valence electrons. The van der Waals surface area contributed by atoms with Gasteiger partial charge in [-0.3, -0.25) is 0 Å². The maximum atomic E-state index is 5.78. The summed E-state index contributed by atoms with van der Waals surface area (Å²) < 4.78 is 5.78.